The lowest BCUT2D eigenvalue weighted by Gasteiger charge is -2.01. The van der Waals surface area contributed by atoms with E-state index in [2.05, 4.69) is 29.7 Å². The molecule has 0 spiro atoms. The Labute approximate surface area is 99.7 Å². The maximum absolute atomic E-state index is 11.3. The lowest BCUT2D eigenvalue weighted by molar-refractivity contribution is 0.111. The van der Waals surface area contributed by atoms with Crippen LogP contribution in [0.15, 0.2) is 18.2 Å². The van der Waals surface area contributed by atoms with E-state index in [9.17, 15) is 9.90 Å². The summed E-state index contributed by atoms with van der Waals surface area (Å²) in [4.78, 5) is 11.3. The first-order chi connectivity index (χ1) is 8.26. The molecule has 17 heavy (non-hydrogen) atoms. The highest BCUT2D eigenvalue weighted by molar-refractivity contribution is 6.00. The van der Waals surface area contributed by atoms with Gasteiger partial charge in [0.1, 0.15) is 0 Å². The largest absolute Gasteiger partial charge is 0.387 e. The summed E-state index contributed by atoms with van der Waals surface area (Å²) < 4.78 is 2.07. The summed E-state index contributed by atoms with van der Waals surface area (Å²) in [5.41, 5.74) is 3.75. The fourth-order valence-electron chi connectivity index (χ4n) is 2.78. The van der Waals surface area contributed by atoms with E-state index in [4.69, 9.17) is 0 Å². The van der Waals surface area contributed by atoms with Gasteiger partial charge in [-0.05, 0) is 30.5 Å². The highest BCUT2D eigenvalue weighted by Crippen LogP contribution is 2.36. The van der Waals surface area contributed by atoms with Crippen molar-refractivity contribution in [2.24, 2.45) is 0 Å². The number of aryl methyl sites for hydroxylation is 2. The van der Waals surface area contributed by atoms with E-state index in [0.29, 0.717) is 12.0 Å². The number of nitrogens with zero attached hydrogens (tertiary/aromatic N) is 1. The van der Waals surface area contributed by atoms with Crippen LogP contribution in [-0.2, 0) is 13.0 Å². The average molecular weight is 229 g/mol. The van der Waals surface area contributed by atoms with E-state index in [1.807, 2.05) is 0 Å². The number of rotatable bonds is 2. The molecule has 3 heteroatoms. The fourth-order valence-corrected chi connectivity index (χ4v) is 2.78. The van der Waals surface area contributed by atoms with Gasteiger partial charge in [-0.3, -0.25) is 4.79 Å². The number of fused-ring (bicyclic) bond motifs is 3. The van der Waals surface area contributed by atoms with Crippen molar-refractivity contribution in [3.05, 3.63) is 35.0 Å². The van der Waals surface area contributed by atoms with Crippen molar-refractivity contribution in [2.45, 2.75) is 32.4 Å². The summed E-state index contributed by atoms with van der Waals surface area (Å²) in [5, 5.41) is 10.9. The van der Waals surface area contributed by atoms with Crippen LogP contribution in [0.25, 0.3) is 10.9 Å². The minimum absolute atomic E-state index is 0.493. The molecule has 0 fully saturated rings. The van der Waals surface area contributed by atoms with Crippen LogP contribution in [0.1, 0.15) is 41.1 Å². The molecule has 0 saturated heterocycles. The number of benzene rings is 1. The molecule has 1 N–H and O–H groups in total. The molecule has 2 heterocycles. The molecular weight excluding hydrogens is 214 g/mol. The number of aromatic nitrogens is 1. The molecule has 0 aliphatic carbocycles. The highest BCUT2D eigenvalue weighted by Gasteiger charge is 2.27. The van der Waals surface area contributed by atoms with Gasteiger partial charge in [-0.2, -0.15) is 0 Å². The molecule has 0 radical (unpaired) electrons. The number of carbonyl (C=O) groups excluding carboxylic acids is 1. The molecule has 1 unspecified atom stereocenters. The predicted octanol–water partition coefficient (Wildman–Crippen LogP) is 2.45. The van der Waals surface area contributed by atoms with Crippen molar-refractivity contribution < 1.29 is 9.90 Å². The van der Waals surface area contributed by atoms with Gasteiger partial charge in [-0.25, -0.2) is 0 Å². The van der Waals surface area contributed by atoms with Crippen molar-refractivity contribution in [1.82, 2.24) is 4.57 Å². The van der Waals surface area contributed by atoms with Crippen molar-refractivity contribution in [1.29, 1.82) is 0 Å². The second-order valence-corrected chi connectivity index (χ2v) is 4.58. The zero-order valence-corrected chi connectivity index (χ0v) is 9.81. The average Bonchev–Trinajstić information content (AvgIpc) is 2.87. The molecule has 1 aliphatic rings. The minimum atomic E-state index is -0.493. The summed E-state index contributed by atoms with van der Waals surface area (Å²) in [6.45, 7) is 2.90. The molecule has 0 amide bonds. The summed E-state index contributed by atoms with van der Waals surface area (Å²) in [6.07, 6.45) is 2.05. The number of aliphatic hydroxyl groups excluding tert-OH is 1. The van der Waals surface area contributed by atoms with Gasteiger partial charge < -0.3 is 9.67 Å². The highest BCUT2D eigenvalue weighted by atomic mass is 16.3. The number of aldehydes is 1. The van der Waals surface area contributed by atoms with Gasteiger partial charge in [-0.1, -0.05) is 13.0 Å². The van der Waals surface area contributed by atoms with E-state index in [0.717, 1.165) is 35.8 Å². The number of aliphatic hydroxyl groups is 1. The molecule has 1 atom stereocenters. The lowest BCUT2D eigenvalue weighted by atomic mass is 10.0. The molecule has 0 saturated carbocycles. The number of hydrogen-bond acceptors (Lipinski definition) is 2. The molecular formula is C14H15NO2. The standard InChI is InChI=1S/C14H15NO2/c1-2-9-3-4-12-10(7-9)11(8-16)14-13(17)5-6-15(12)14/h3-4,7-8,13,17H,2,5-6H2,1H3. The Morgan fingerprint density at radius 2 is 2.35 bits per heavy atom. The Balaban J connectivity index is 2.37. The van der Waals surface area contributed by atoms with Gasteiger partial charge in [0, 0.05) is 23.0 Å². The Bertz CT molecular complexity index is 598. The van der Waals surface area contributed by atoms with Gasteiger partial charge in [-0.15, -0.1) is 0 Å². The summed E-state index contributed by atoms with van der Waals surface area (Å²) >= 11 is 0. The van der Waals surface area contributed by atoms with Crippen LogP contribution in [0.2, 0.25) is 0 Å². The Hall–Kier alpha value is -1.61. The van der Waals surface area contributed by atoms with Crippen LogP contribution in [0.5, 0.6) is 0 Å². The van der Waals surface area contributed by atoms with Gasteiger partial charge >= 0.3 is 0 Å². The second-order valence-electron chi connectivity index (χ2n) is 4.58. The Morgan fingerprint density at radius 3 is 3.06 bits per heavy atom. The van der Waals surface area contributed by atoms with E-state index < -0.39 is 6.10 Å². The predicted molar refractivity (Wildman–Crippen MR) is 66.3 cm³/mol. The first-order valence-electron chi connectivity index (χ1n) is 6.04. The first-order valence-corrected chi connectivity index (χ1v) is 6.04. The summed E-state index contributed by atoms with van der Waals surface area (Å²) in [7, 11) is 0. The smallest absolute Gasteiger partial charge is 0.152 e. The molecule has 3 nitrogen and oxygen atoms in total. The van der Waals surface area contributed by atoms with Crippen LogP contribution in [0.3, 0.4) is 0 Å². The summed E-state index contributed by atoms with van der Waals surface area (Å²) in [6, 6.07) is 6.22. The summed E-state index contributed by atoms with van der Waals surface area (Å²) in [5.74, 6) is 0. The SMILES string of the molecule is CCc1ccc2c(c1)c(C=O)c1n2CCC1O. The van der Waals surface area contributed by atoms with Gasteiger partial charge in [0.15, 0.2) is 6.29 Å². The molecule has 3 rings (SSSR count). The van der Waals surface area contributed by atoms with Crippen LogP contribution < -0.4 is 0 Å². The molecule has 1 aromatic heterocycles. The third-order valence-electron chi connectivity index (χ3n) is 3.68. The normalized spacial score (nSPS) is 18.6. The van der Waals surface area contributed by atoms with Gasteiger partial charge in [0.05, 0.1) is 11.8 Å². The first kappa shape index (κ1) is 10.5. The maximum atomic E-state index is 11.3. The third kappa shape index (κ3) is 1.35. The van der Waals surface area contributed by atoms with Crippen molar-refractivity contribution >= 4 is 17.2 Å². The Kier molecular flexibility index (Phi) is 2.30. The number of carbonyl (C=O) groups is 1. The number of hydrogen-bond donors (Lipinski definition) is 1. The Morgan fingerprint density at radius 1 is 1.53 bits per heavy atom. The topological polar surface area (TPSA) is 42.2 Å². The van der Waals surface area contributed by atoms with Crippen LogP contribution in [0.4, 0.5) is 0 Å². The van der Waals surface area contributed by atoms with E-state index in [1.54, 1.807) is 0 Å². The molecule has 2 aromatic rings. The van der Waals surface area contributed by atoms with E-state index >= 15 is 0 Å². The van der Waals surface area contributed by atoms with Crippen molar-refractivity contribution in [3.8, 4) is 0 Å². The molecule has 1 aromatic carbocycles. The maximum Gasteiger partial charge on any atom is 0.152 e. The molecule has 88 valence electrons. The monoisotopic (exact) mass is 229 g/mol. The van der Waals surface area contributed by atoms with Gasteiger partial charge in [0.2, 0.25) is 0 Å². The lowest BCUT2D eigenvalue weighted by Crippen LogP contribution is -1.95. The quantitative estimate of drug-likeness (QED) is 0.804. The second kappa shape index (κ2) is 3.70. The molecule has 0 bridgehead atoms. The van der Waals surface area contributed by atoms with Crippen molar-refractivity contribution in [2.75, 3.05) is 0 Å². The van der Waals surface area contributed by atoms with Crippen LogP contribution in [-0.4, -0.2) is 16.0 Å². The minimum Gasteiger partial charge on any atom is -0.387 e. The van der Waals surface area contributed by atoms with Gasteiger partial charge in [0.25, 0.3) is 0 Å². The van der Waals surface area contributed by atoms with E-state index in [1.165, 1.54) is 5.56 Å². The van der Waals surface area contributed by atoms with Crippen molar-refractivity contribution in [3.63, 3.8) is 0 Å². The fraction of sp³-hybridized carbons (Fsp3) is 0.357. The molecule has 1 aliphatic heterocycles. The van der Waals surface area contributed by atoms with Crippen LogP contribution >= 0.6 is 0 Å². The third-order valence-corrected chi connectivity index (χ3v) is 3.68. The van der Waals surface area contributed by atoms with Crippen LogP contribution in [0, 0.1) is 0 Å². The van der Waals surface area contributed by atoms with E-state index in [-0.39, 0.29) is 0 Å². The zero-order chi connectivity index (χ0) is 12.0. The zero-order valence-electron chi connectivity index (χ0n) is 9.81.